The summed E-state index contributed by atoms with van der Waals surface area (Å²) in [5.41, 5.74) is 5.53. The van der Waals surface area contributed by atoms with E-state index in [0.717, 1.165) is 6.07 Å². The molecule has 19 heavy (non-hydrogen) atoms. The predicted molar refractivity (Wildman–Crippen MR) is 71.7 cm³/mol. The molecule has 0 amide bonds. The van der Waals surface area contributed by atoms with Gasteiger partial charge < -0.3 is 10.8 Å². The van der Waals surface area contributed by atoms with Crippen molar-refractivity contribution >= 4 is 15.7 Å². The maximum Gasteiger partial charge on any atom is 0.241 e. The Morgan fingerprint density at radius 3 is 2.68 bits per heavy atom. The fourth-order valence-corrected chi connectivity index (χ4v) is 2.93. The normalized spacial score (nSPS) is 13.5. The highest BCUT2D eigenvalue weighted by molar-refractivity contribution is 7.89. The van der Waals surface area contributed by atoms with Crippen LogP contribution in [0.15, 0.2) is 17.0 Å². The average Bonchev–Trinajstić information content (AvgIpc) is 2.33. The van der Waals surface area contributed by atoms with E-state index in [1.165, 1.54) is 13.0 Å². The molecule has 0 spiro atoms. The first-order valence-electron chi connectivity index (χ1n) is 6.01. The highest BCUT2D eigenvalue weighted by Crippen LogP contribution is 2.21. The molecule has 0 bridgehead atoms. The standard InChI is InChI=1S/C12H19FN2O3S/c1-3-10(16)4-5-15-19(17,18)12-7-9(14)6-11(13)8(12)2/h6-7,10,15-16H,3-5,14H2,1-2H3. The first kappa shape index (κ1) is 15.9. The number of aliphatic hydroxyl groups is 1. The second-order valence-corrected chi connectivity index (χ2v) is 6.11. The quantitative estimate of drug-likeness (QED) is 0.685. The lowest BCUT2D eigenvalue weighted by molar-refractivity contribution is 0.162. The molecule has 1 rings (SSSR count). The van der Waals surface area contributed by atoms with E-state index in [0.29, 0.717) is 12.8 Å². The summed E-state index contributed by atoms with van der Waals surface area (Å²) in [4.78, 5) is -0.170. The number of halogens is 1. The molecule has 1 aromatic rings. The Balaban J connectivity index is 2.89. The number of benzene rings is 1. The molecule has 7 heteroatoms. The van der Waals surface area contributed by atoms with Crippen molar-refractivity contribution in [2.45, 2.75) is 37.7 Å². The summed E-state index contributed by atoms with van der Waals surface area (Å²) >= 11 is 0. The second-order valence-electron chi connectivity index (χ2n) is 4.37. The molecular weight excluding hydrogens is 271 g/mol. The fourth-order valence-electron chi connectivity index (χ4n) is 1.59. The molecular formula is C12H19FN2O3S. The smallest absolute Gasteiger partial charge is 0.241 e. The summed E-state index contributed by atoms with van der Waals surface area (Å²) in [6.45, 7) is 3.27. The molecule has 4 N–H and O–H groups in total. The number of hydrogen-bond donors (Lipinski definition) is 3. The van der Waals surface area contributed by atoms with Crippen LogP contribution in [0.1, 0.15) is 25.3 Å². The van der Waals surface area contributed by atoms with Crippen LogP contribution in [0.3, 0.4) is 0 Å². The van der Waals surface area contributed by atoms with Crippen LogP contribution in [0.5, 0.6) is 0 Å². The van der Waals surface area contributed by atoms with Crippen LogP contribution in [-0.2, 0) is 10.0 Å². The van der Waals surface area contributed by atoms with Gasteiger partial charge in [0.1, 0.15) is 5.82 Å². The Morgan fingerprint density at radius 2 is 2.11 bits per heavy atom. The van der Waals surface area contributed by atoms with Gasteiger partial charge in [0.05, 0.1) is 11.0 Å². The first-order valence-corrected chi connectivity index (χ1v) is 7.49. The zero-order valence-electron chi connectivity index (χ0n) is 11.0. The SMILES string of the molecule is CCC(O)CCNS(=O)(=O)c1cc(N)cc(F)c1C. The summed E-state index contributed by atoms with van der Waals surface area (Å²) in [6.07, 6.45) is 0.300. The van der Waals surface area contributed by atoms with Gasteiger partial charge in [0.25, 0.3) is 0 Å². The van der Waals surface area contributed by atoms with Crippen LogP contribution in [0.25, 0.3) is 0 Å². The van der Waals surface area contributed by atoms with Crippen molar-refractivity contribution in [1.29, 1.82) is 0 Å². The fraction of sp³-hybridized carbons (Fsp3) is 0.500. The molecule has 0 radical (unpaired) electrons. The highest BCUT2D eigenvalue weighted by atomic mass is 32.2. The Morgan fingerprint density at radius 1 is 1.47 bits per heavy atom. The summed E-state index contributed by atoms with van der Waals surface area (Å²) in [7, 11) is -3.82. The van der Waals surface area contributed by atoms with Gasteiger partial charge in [-0.2, -0.15) is 0 Å². The minimum absolute atomic E-state index is 0.0257. The maximum atomic E-state index is 13.5. The highest BCUT2D eigenvalue weighted by Gasteiger charge is 2.19. The lowest BCUT2D eigenvalue weighted by atomic mass is 10.2. The van der Waals surface area contributed by atoms with Crippen molar-refractivity contribution in [2.24, 2.45) is 0 Å². The molecule has 0 aliphatic carbocycles. The number of nitrogens with one attached hydrogen (secondary N) is 1. The van der Waals surface area contributed by atoms with Crippen molar-refractivity contribution < 1.29 is 17.9 Å². The van der Waals surface area contributed by atoms with E-state index in [-0.39, 0.29) is 22.7 Å². The van der Waals surface area contributed by atoms with Gasteiger partial charge in [0.2, 0.25) is 10.0 Å². The Hall–Kier alpha value is -1.18. The molecule has 1 aromatic carbocycles. The van der Waals surface area contributed by atoms with E-state index in [1.807, 2.05) is 0 Å². The molecule has 0 aromatic heterocycles. The van der Waals surface area contributed by atoms with Crippen LogP contribution < -0.4 is 10.5 Å². The third kappa shape index (κ3) is 4.15. The average molecular weight is 290 g/mol. The molecule has 0 aliphatic rings. The molecule has 108 valence electrons. The van der Waals surface area contributed by atoms with E-state index < -0.39 is 21.9 Å². The molecule has 1 unspecified atom stereocenters. The third-order valence-electron chi connectivity index (χ3n) is 2.85. The van der Waals surface area contributed by atoms with Gasteiger partial charge in [-0.3, -0.25) is 0 Å². The summed E-state index contributed by atoms with van der Waals surface area (Å²) in [6, 6.07) is 2.30. The van der Waals surface area contributed by atoms with Crippen LogP contribution in [-0.4, -0.2) is 26.2 Å². The number of sulfonamides is 1. The Kier molecular flexibility index (Phi) is 5.28. The number of nitrogen functional groups attached to an aromatic ring is 1. The zero-order valence-corrected chi connectivity index (χ0v) is 11.8. The van der Waals surface area contributed by atoms with Crippen LogP contribution in [0.2, 0.25) is 0 Å². The van der Waals surface area contributed by atoms with Crippen LogP contribution in [0.4, 0.5) is 10.1 Å². The molecule has 1 atom stereocenters. The van der Waals surface area contributed by atoms with Gasteiger partial charge in [-0.25, -0.2) is 17.5 Å². The van der Waals surface area contributed by atoms with Crippen LogP contribution in [0, 0.1) is 12.7 Å². The molecule has 0 saturated heterocycles. The Labute approximate surface area is 112 Å². The minimum Gasteiger partial charge on any atom is -0.399 e. The second kappa shape index (κ2) is 6.31. The van der Waals surface area contributed by atoms with Gasteiger partial charge in [0, 0.05) is 17.8 Å². The van der Waals surface area contributed by atoms with E-state index in [2.05, 4.69) is 4.72 Å². The van der Waals surface area contributed by atoms with Crippen molar-refractivity contribution in [3.63, 3.8) is 0 Å². The topological polar surface area (TPSA) is 92.4 Å². The Bertz CT molecular complexity index is 546. The number of nitrogens with two attached hydrogens (primary N) is 1. The molecule has 0 fully saturated rings. The third-order valence-corrected chi connectivity index (χ3v) is 4.44. The molecule has 0 aliphatic heterocycles. The van der Waals surface area contributed by atoms with Gasteiger partial charge in [-0.1, -0.05) is 6.92 Å². The monoisotopic (exact) mass is 290 g/mol. The van der Waals surface area contributed by atoms with Gasteiger partial charge >= 0.3 is 0 Å². The van der Waals surface area contributed by atoms with E-state index in [9.17, 15) is 17.9 Å². The largest absolute Gasteiger partial charge is 0.399 e. The number of hydrogen-bond acceptors (Lipinski definition) is 4. The van der Waals surface area contributed by atoms with Crippen molar-refractivity contribution in [3.8, 4) is 0 Å². The zero-order chi connectivity index (χ0) is 14.6. The lowest BCUT2D eigenvalue weighted by Gasteiger charge is -2.12. The first-order chi connectivity index (χ1) is 8.77. The van der Waals surface area contributed by atoms with Crippen LogP contribution >= 0.6 is 0 Å². The molecule has 5 nitrogen and oxygen atoms in total. The van der Waals surface area contributed by atoms with E-state index in [4.69, 9.17) is 5.73 Å². The van der Waals surface area contributed by atoms with Gasteiger partial charge in [-0.15, -0.1) is 0 Å². The molecule has 0 heterocycles. The van der Waals surface area contributed by atoms with Crippen molar-refractivity contribution in [1.82, 2.24) is 4.72 Å². The summed E-state index contributed by atoms with van der Waals surface area (Å²) < 4.78 is 39.8. The number of rotatable bonds is 6. The molecule has 0 saturated carbocycles. The maximum absolute atomic E-state index is 13.5. The van der Waals surface area contributed by atoms with Crippen molar-refractivity contribution in [3.05, 3.63) is 23.5 Å². The lowest BCUT2D eigenvalue weighted by Crippen LogP contribution is -2.28. The van der Waals surface area contributed by atoms with E-state index in [1.54, 1.807) is 6.92 Å². The van der Waals surface area contributed by atoms with E-state index >= 15 is 0 Å². The number of anilines is 1. The van der Waals surface area contributed by atoms with Crippen molar-refractivity contribution in [2.75, 3.05) is 12.3 Å². The van der Waals surface area contributed by atoms with Gasteiger partial charge in [0.15, 0.2) is 0 Å². The minimum atomic E-state index is -3.82. The predicted octanol–water partition coefficient (Wildman–Crippen LogP) is 1.16. The van der Waals surface area contributed by atoms with Gasteiger partial charge in [-0.05, 0) is 31.9 Å². The number of aliphatic hydroxyl groups excluding tert-OH is 1. The summed E-state index contributed by atoms with van der Waals surface area (Å²) in [5, 5.41) is 9.35. The summed E-state index contributed by atoms with van der Waals surface area (Å²) in [5.74, 6) is -0.658.